The SMILES string of the molecule is CN(C)C(CNC(=O)/C=C/c1ccc(C(F)(F)F)cc1)Cc1ccc(O)cc1. The van der Waals surface area contributed by atoms with Crippen LogP contribution in [0.4, 0.5) is 13.2 Å². The maximum absolute atomic E-state index is 12.6. The summed E-state index contributed by atoms with van der Waals surface area (Å²) in [7, 11) is 3.82. The number of halogens is 3. The topological polar surface area (TPSA) is 52.6 Å². The Morgan fingerprint density at radius 3 is 2.25 bits per heavy atom. The largest absolute Gasteiger partial charge is 0.508 e. The molecule has 0 saturated heterocycles. The van der Waals surface area contributed by atoms with Crippen LogP contribution in [0.15, 0.2) is 54.6 Å². The zero-order chi connectivity index (χ0) is 20.7. The fraction of sp³-hybridized carbons (Fsp3) is 0.286. The summed E-state index contributed by atoms with van der Waals surface area (Å²) in [4.78, 5) is 14.0. The Morgan fingerprint density at radius 1 is 1.11 bits per heavy atom. The number of rotatable bonds is 7. The van der Waals surface area contributed by atoms with Crippen molar-refractivity contribution >= 4 is 12.0 Å². The molecule has 4 nitrogen and oxygen atoms in total. The first-order valence-electron chi connectivity index (χ1n) is 8.72. The van der Waals surface area contributed by atoms with Crippen molar-refractivity contribution in [2.75, 3.05) is 20.6 Å². The molecule has 0 aliphatic carbocycles. The molecule has 0 spiro atoms. The fourth-order valence-electron chi connectivity index (χ4n) is 2.57. The van der Waals surface area contributed by atoms with Crippen LogP contribution in [0, 0.1) is 0 Å². The smallest absolute Gasteiger partial charge is 0.416 e. The standard InChI is InChI=1S/C21H23F3N2O2/c1-26(2)18(13-16-5-10-19(27)11-6-16)14-25-20(28)12-7-15-3-8-17(9-4-15)21(22,23)24/h3-12,18,27H,13-14H2,1-2H3,(H,25,28)/b12-7+. The third-order valence-electron chi connectivity index (χ3n) is 4.32. The first-order chi connectivity index (χ1) is 13.1. The van der Waals surface area contributed by atoms with E-state index in [2.05, 4.69) is 5.32 Å². The van der Waals surface area contributed by atoms with Gasteiger partial charge in [0.05, 0.1) is 5.56 Å². The fourth-order valence-corrected chi connectivity index (χ4v) is 2.57. The van der Waals surface area contributed by atoms with Gasteiger partial charge in [-0.3, -0.25) is 4.79 Å². The van der Waals surface area contributed by atoms with E-state index >= 15 is 0 Å². The average molecular weight is 392 g/mol. The number of benzene rings is 2. The normalized spacial score (nSPS) is 13.1. The van der Waals surface area contributed by atoms with E-state index in [1.807, 2.05) is 31.1 Å². The molecule has 0 aliphatic heterocycles. The van der Waals surface area contributed by atoms with Crippen molar-refractivity contribution in [3.05, 3.63) is 71.3 Å². The minimum atomic E-state index is -4.38. The summed E-state index contributed by atoms with van der Waals surface area (Å²) in [5.41, 5.74) is 0.819. The Bertz CT molecular complexity index is 798. The number of aromatic hydroxyl groups is 1. The molecule has 1 unspecified atom stereocenters. The number of alkyl halides is 3. The molecule has 0 saturated carbocycles. The maximum Gasteiger partial charge on any atom is 0.416 e. The lowest BCUT2D eigenvalue weighted by atomic mass is 10.0. The number of nitrogens with one attached hydrogen (secondary N) is 1. The molecule has 2 aromatic rings. The molecular weight excluding hydrogens is 369 g/mol. The molecule has 0 bridgehead atoms. The highest BCUT2D eigenvalue weighted by atomic mass is 19.4. The van der Waals surface area contributed by atoms with Crippen LogP contribution in [0.1, 0.15) is 16.7 Å². The number of hydrogen-bond donors (Lipinski definition) is 2. The highest BCUT2D eigenvalue weighted by Crippen LogP contribution is 2.29. The molecule has 1 amide bonds. The average Bonchev–Trinajstić information content (AvgIpc) is 2.64. The lowest BCUT2D eigenvalue weighted by Gasteiger charge is -2.24. The number of likely N-dealkylation sites (N-methyl/N-ethyl adjacent to an activating group) is 1. The van der Waals surface area contributed by atoms with Crippen LogP contribution in [0.2, 0.25) is 0 Å². The van der Waals surface area contributed by atoms with Crippen molar-refractivity contribution in [2.45, 2.75) is 18.6 Å². The highest BCUT2D eigenvalue weighted by molar-refractivity contribution is 5.91. The molecule has 0 aromatic heterocycles. The number of carbonyl (C=O) groups excluding carboxylic acids is 1. The van der Waals surface area contributed by atoms with Crippen LogP contribution < -0.4 is 5.32 Å². The number of hydrogen-bond acceptors (Lipinski definition) is 3. The van der Waals surface area contributed by atoms with E-state index in [0.717, 1.165) is 17.7 Å². The zero-order valence-corrected chi connectivity index (χ0v) is 15.7. The maximum atomic E-state index is 12.6. The van der Waals surface area contributed by atoms with Crippen molar-refractivity contribution < 1.29 is 23.1 Å². The van der Waals surface area contributed by atoms with Gasteiger partial charge in [-0.25, -0.2) is 0 Å². The lowest BCUT2D eigenvalue weighted by molar-refractivity contribution is -0.137. The molecular formula is C21H23F3N2O2. The van der Waals surface area contributed by atoms with Gasteiger partial charge < -0.3 is 15.3 Å². The highest BCUT2D eigenvalue weighted by Gasteiger charge is 2.29. The Kier molecular flexibility index (Phi) is 7.23. The summed E-state index contributed by atoms with van der Waals surface area (Å²) in [6.45, 7) is 0.407. The minimum absolute atomic E-state index is 0.0490. The molecule has 0 radical (unpaired) electrons. The first kappa shape index (κ1) is 21.5. The van der Waals surface area contributed by atoms with Crippen LogP contribution in [0.3, 0.4) is 0 Å². The molecule has 0 aliphatic rings. The number of nitrogens with zero attached hydrogens (tertiary/aromatic N) is 1. The third kappa shape index (κ3) is 6.74. The number of phenolic OH excluding ortho intramolecular Hbond substituents is 1. The Labute approximate surface area is 162 Å². The summed E-state index contributed by atoms with van der Waals surface area (Å²) in [5, 5.41) is 12.2. The van der Waals surface area contributed by atoms with Crippen molar-refractivity contribution in [1.82, 2.24) is 10.2 Å². The van der Waals surface area contributed by atoms with Crippen LogP contribution in [-0.2, 0) is 17.4 Å². The van der Waals surface area contributed by atoms with Gasteiger partial charge in [0.25, 0.3) is 0 Å². The quantitative estimate of drug-likeness (QED) is 0.707. The van der Waals surface area contributed by atoms with E-state index in [-0.39, 0.29) is 17.7 Å². The van der Waals surface area contributed by atoms with Crippen molar-refractivity contribution in [3.8, 4) is 5.75 Å². The molecule has 2 rings (SSSR count). The third-order valence-corrected chi connectivity index (χ3v) is 4.32. The van der Waals surface area contributed by atoms with Crippen LogP contribution in [-0.4, -0.2) is 42.6 Å². The van der Waals surface area contributed by atoms with Gasteiger partial charge in [0.2, 0.25) is 5.91 Å². The predicted octanol–water partition coefficient (Wildman–Crippen LogP) is 3.71. The summed E-state index contributed by atoms with van der Waals surface area (Å²) >= 11 is 0. The van der Waals surface area contributed by atoms with Gasteiger partial charge in [-0.2, -0.15) is 13.2 Å². The van der Waals surface area contributed by atoms with Gasteiger partial charge in [-0.15, -0.1) is 0 Å². The molecule has 2 N–H and O–H groups in total. The van der Waals surface area contributed by atoms with Crippen molar-refractivity contribution in [3.63, 3.8) is 0 Å². The molecule has 2 aromatic carbocycles. The predicted molar refractivity (Wildman–Crippen MR) is 103 cm³/mol. The van der Waals surface area contributed by atoms with Gasteiger partial charge in [0, 0.05) is 18.7 Å². The van der Waals surface area contributed by atoms with Crippen molar-refractivity contribution in [2.24, 2.45) is 0 Å². The number of amides is 1. The van der Waals surface area contributed by atoms with E-state index in [4.69, 9.17) is 0 Å². The summed E-state index contributed by atoms with van der Waals surface area (Å²) in [6, 6.07) is 11.6. The van der Waals surface area contributed by atoms with E-state index < -0.39 is 11.7 Å². The zero-order valence-electron chi connectivity index (χ0n) is 15.7. The summed E-state index contributed by atoms with van der Waals surface area (Å²) in [5.74, 6) is -0.121. The van der Waals surface area contributed by atoms with Gasteiger partial charge in [-0.05, 0) is 62.0 Å². The molecule has 1 atom stereocenters. The molecule has 150 valence electrons. The summed E-state index contributed by atoms with van der Waals surface area (Å²) < 4.78 is 37.7. The molecule has 28 heavy (non-hydrogen) atoms. The van der Waals surface area contributed by atoms with Gasteiger partial charge in [-0.1, -0.05) is 24.3 Å². The summed E-state index contributed by atoms with van der Waals surface area (Å²) in [6.07, 6.45) is -0.912. The lowest BCUT2D eigenvalue weighted by Crippen LogP contribution is -2.41. The van der Waals surface area contributed by atoms with Crippen LogP contribution in [0.5, 0.6) is 5.75 Å². The Hall–Kier alpha value is -2.80. The van der Waals surface area contributed by atoms with E-state index in [9.17, 15) is 23.1 Å². The molecule has 0 heterocycles. The second kappa shape index (κ2) is 9.41. The first-order valence-corrected chi connectivity index (χ1v) is 8.72. The van der Waals surface area contributed by atoms with Crippen LogP contribution in [0.25, 0.3) is 6.08 Å². The molecule has 7 heteroatoms. The Balaban J connectivity index is 1.90. The number of phenols is 1. The number of carbonyl (C=O) groups is 1. The van der Waals surface area contributed by atoms with Gasteiger partial charge in [0.1, 0.15) is 5.75 Å². The van der Waals surface area contributed by atoms with E-state index in [1.165, 1.54) is 24.3 Å². The van der Waals surface area contributed by atoms with E-state index in [0.29, 0.717) is 18.5 Å². The second-order valence-corrected chi connectivity index (χ2v) is 6.69. The monoisotopic (exact) mass is 392 g/mol. The van der Waals surface area contributed by atoms with Crippen molar-refractivity contribution in [1.29, 1.82) is 0 Å². The Morgan fingerprint density at radius 2 is 1.71 bits per heavy atom. The molecule has 0 fully saturated rings. The van der Waals surface area contributed by atoms with Gasteiger partial charge >= 0.3 is 6.18 Å². The van der Waals surface area contributed by atoms with Crippen LogP contribution >= 0.6 is 0 Å². The van der Waals surface area contributed by atoms with E-state index in [1.54, 1.807) is 12.1 Å². The minimum Gasteiger partial charge on any atom is -0.508 e. The van der Waals surface area contributed by atoms with Gasteiger partial charge in [0.15, 0.2) is 0 Å². The second-order valence-electron chi connectivity index (χ2n) is 6.69.